The Labute approximate surface area is 92.1 Å². The van der Waals surface area contributed by atoms with Gasteiger partial charge in [-0.05, 0) is 6.42 Å². The average Bonchev–Trinajstić information content (AvgIpc) is 2.99. The van der Waals surface area contributed by atoms with E-state index in [9.17, 15) is 0 Å². The lowest BCUT2D eigenvalue weighted by Crippen LogP contribution is -2.12. The molecule has 0 amide bonds. The molecule has 0 radical (unpaired) electrons. The zero-order valence-corrected chi connectivity index (χ0v) is 13.4. The summed E-state index contributed by atoms with van der Waals surface area (Å²) in [5.41, 5.74) is 0. The van der Waals surface area contributed by atoms with Crippen LogP contribution in [0.1, 0.15) is 6.42 Å². The molecule has 0 saturated carbocycles. The lowest BCUT2D eigenvalue weighted by Gasteiger charge is -2.04. The molecule has 0 aliphatic carbocycles. The van der Waals surface area contributed by atoms with Gasteiger partial charge in [0.05, 0.1) is 13.2 Å². The minimum absolute atomic E-state index is 0.366. The SMILES string of the molecule is [SiH3]O[SiH2]O[SiH2]OCCCOCC1CO1. The van der Waals surface area contributed by atoms with E-state index in [-0.39, 0.29) is 0 Å². The second-order valence-electron chi connectivity index (χ2n) is 3.02. The van der Waals surface area contributed by atoms with Gasteiger partial charge in [0.15, 0.2) is 0 Å². The predicted octanol–water partition coefficient (Wildman–Crippen LogP) is -2.88. The van der Waals surface area contributed by atoms with Gasteiger partial charge in [-0.3, -0.25) is 0 Å². The maximum atomic E-state index is 5.34. The number of rotatable bonds is 10. The highest BCUT2D eigenvalue weighted by Gasteiger charge is 2.21. The number of hydrogen-bond donors (Lipinski definition) is 0. The Balaban J connectivity index is 1.63. The smallest absolute Gasteiger partial charge is 0.295 e. The largest absolute Gasteiger partial charge is 0.449 e. The summed E-state index contributed by atoms with van der Waals surface area (Å²) in [6, 6.07) is 0. The van der Waals surface area contributed by atoms with Crippen LogP contribution in [0.2, 0.25) is 0 Å². The van der Waals surface area contributed by atoms with Gasteiger partial charge >= 0.3 is 0 Å². The van der Waals surface area contributed by atoms with Crippen molar-refractivity contribution < 1.29 is 22.1 Å². The van der Waals surface area contributed by atoms with Gasteiger partial charge < -0.3 is 22.1 Å². The molecule has 1 fully saturated rings. The van der Waals surface area contributed by atoms with E-state index in [1.807, 2.05) is 0 Å². The third kappa shape index (κ3) is 7.82. The van der Waals surface area contributed by atoms with Gasteiger partial charge in [-0.2, -0.15) is 0 Å². The van der Waals surface area contributed by atoms with Crippen LogP contribution in [0.15, 0.2) is 0 Å². The summed E-state index contributed by atoms with van der Waals surface area (Å²) in [6.07, 6.45) is 1.30. The molecule has 1 aliphatic rings. The molecule has 8 heteroatoms. The van der Waals surface area contributed by atoms with Crippen molar-refractivity contribution in [2.45, 2.75) is 12.5 Å². The van der Waals surface area contributed by atoms with Crippen LogP contribution in [0.25, 0.3) is 0 Å². The van der Waals surface area contributed by atoms with Gasteiger partial charge in [-0.1, -0.05) is 0 Å². The topological polar surface area (TPSA) is 49.5 Å². The molecule has 5 nitrogen and oxygen atoms in total. The molecule has 84 valence electrons. The quantitative estimate of drug-likeness (QED) is 0.238. The first-order valence-electron chi connectivity index (χ1n) is 4.77. The van der Waals surface area contributed by atoms with Gasteiger partial charge in [0.2, 0.25) is 0 Å². The first-order chi connectivity index (χ1) is 6.93. The molecular weight excluding hydrogens is 236 g/mol. The zero-order valence-electron chi connectivity index (χ0n) is 8.57. The standard InChI is InChI=1S/C6H18O5Si3/c12-10-14-11-13-9-3-1-2-7-4-6-5-8-6/h6H,1-5,13-14H2,12H3. The summed E-state index contributed by atoms with van der Waals surface area (Å²) >= 11 is 0. The van der Waals surface area contributed by atoms with Gasteiger partial charge in [-0.15, -0.1) is 0 Å². The van der Waals surface area contributed by atoms with E-state index in [2.05, 4.69) is 0 Å². The summed E-state index contributed by atoms with van der Waals surface area (Å²) < 4.78 is 25.9. The Morgan fingerprint density at radius 2 is 2.21 bits per heavy atom. The van der Waals surface area contributed by atoms with E-state index in [0.717, 1.165) is 43.3 Å². The van der Waals surface area contributed by atoms with Crippen molar-refractivity contribution >= 4 is 30.5 Å². The van der Waals surface area contributed by atoms with Crippen molar-refractivity contribution in [1.29, 1.82) is 0 Å². The fraction of sp³-hybridized carbons (Fsp3) is 1.00. The lowest BCUT2D eigenvalue weighted by molar-refractivity contribution is 0.103. The molecule has 0 N–H and O–H groups in total. The summed E-state index contributed by atoms with van der Waals surface area (Å²) in [4.78, 5) is 0. The van der Waals surface area contributed by atoms with Gasteiger partial charge in [0.1, 0.15) is 16.6 Å². The van der Waals surface area contributed by atoms with E-state index >= 15 is 0 Å². The molecule has 1 unspecified atom stereocenters. The highest BCUT2D eigenvalue weighted by molar-refractivity contribution is 6.37. The van der Waals surface area contributed by atoms with E-state index in [1.165, 1.54) is 0 Å². The maximum Gasteiger partial charge on any atom is 0.295 e. The van der Waals surface area contributed by atoms with Crippen molar-refractivity contribution in [3.05, 3.63) is 0 Å². The Morgan fingerprint density at radius 1 is 1.36 bits per heavy atom. The van der Waals surface area contributed by atoms with E-state index in [0.29, 0.717) is 6.10 Å². The normalized spacial score (nSPS) is 21.9. The summed E-state index contributed by atoms with van der Waals surface area (Å²) in [7, 11) is -0.647. The van der Waals surface area contributed by atoms with E-state index in [4.69, 9.17) is 22.1 Å². The third-order valence-corrected chi connectivity index (χ3v) is 4.38. The second-order valence-corrected chi connectivity index (χ2v) is 7.84. The predicted molar refractivity (Wildman–Crippen MR) is 60.3 cm³/mol. The molecule has 1 heterocycles. The zero-order chi connectivity index (χ0) is 10.1. The molecule has 0 aromatic carbocycles. The van der Waals surface area contributed by atoms with Gasteiger partial charge in [0, 0.05) is 13.2 Å². The molecule has 1 atom stereocenters. The monoisotopic (exact) mass is 254 g/mol. The highest BCUT2D eigenvalue weighted by atomic mass is 28.4. The first kappa shape index (κ1) is 12.5. The van der Waals surface area contributed by atoms with Crippen LogP contribution >= 0.6 is 0 Å². The van der Waals surface area contributed by atoms with Crippen molar-refractivity contribution in [1.82, 2.24) is 0 Å². The van der Waals surface area contributed by atoms with Crippen molar-refractivity contribution in [2.75, 3.05) is 26.4 Å². The van der Waals surface area contributed by atoms with Crippen LogP contribution < -0.4 is 0 Å². The number of ether oxygens (including phenoxy) is 2. The molecule has 0 bridgehead atoms. The number of hydrogen-bond acceptors (Lipinski definition) is 5. The Kier molecular flexibility index (Phi) is 7.81. The molecule has 1 aliphatic heterocycles. The molecule has 0 aromatic rings. The van der Waals surface area contributed by atoms with Crippen molar-refractivity contribution in [2.24, 2.45) is 0 Å². The summed E-state index contributed by atoms with van der Waals surface area (Å²) in [6.45, 7) is 3.09. The molecule has 0 spiro atoms. The molecule has 0 aromatic heterocycles. The molecule has 1 rings (SSSR count). The van der Waals surface area contributed by atoms with Crippen LogP contribution in [0.3, 0.4) is 0 Å². The fourth-order valence-electron chi connectivity index (χ4n) is 0.877. The van der Waals surface area contributed by atoms with Gasteiger partial charge in [0.25, 0.3) is 20.0 Å². The Morgan fingerprint density at radius 3 is 2.93 bits per heavy atom. The summed E-state index contributed by atoms with van der Waals surface area (Å²) in [5, 5.41) is 0. The van der Waals surface area contributed by atoms with Crippen LogP contribution in [-0.4, -0.2) is 63.0 Å². The minimum atomic E-state index is -0.759. The highest BCUT2D eigenvalue weighted by Crippen LogP contribution is 2.08. The first-order valence-corrected chi connectivity index (χ1v) is 7.90. The lowest BCUT2D eigenvalue weighted by atomic mass is 10.5. The Bertz CT molecular complexity index is 135. The van der Waals surface area contributed by atoms with Crippen molar-refractivity contribution in [3.8, 4) is 0 Å². The van der Waals surface area contributed by atoms with E-state index in [1.54, 1.807) is 0 Å². The van der Waals surface area contributed by atoms with Crippen LogP contribution in [-0.2, 0) is 22.1 Å². The third-order valence-electron chi connectivity index (χ3n) is 1.65. The molecular formula is C6H18O5Si3. The average molecular weight is 254 g/mol. The van der Waals surface area contributed by atoms with Crippen molar-refractivity contribution in [3.63, 3.8) is 0 Å². The second kappa shape index (κ2) is 8.73. The summed E-state index contributed by atoms with van der Waals surface area (Å²) in [5.74, 6) is 0. The minimum Gasteiger partial charge on any atom is -0.449 e. The fourth-order valence-corrected chi connectivity index (χ4v) is 4.11. The Hall–Kier alpha value is 0.451. The van der Waals surface area contributed by atoms with Crippen LogP contribution in [0, 0.1) is 0 Å². The van der Waals surface area contributed by atoms with E-state index < -0.39 is 20.0 Å². The van der Waals surface area contributed by atoms with Crippen LogP contribution in [0.5, 0.6) is 0 Å². The van der Waals surface area contributed by atoms with Gasteiger partial charge in [-0.25, -0.2) is 0 Å². The molecule has 1 saturated heterocycles. The maximum absolute atomic E-state index is 5.34. The van der Waals surface area contributed by atoms with Crippen LogP contribution in [0.4, 0.5) is 0 Å². The number of epoxide rings is 1. The molecule has 14 heavy (non-hydrogen) atoms.